The lowest BCUT2D eigenvalue weighted by atomic mass is 9.34. The second-order valence-electron chi connectivity index (χ2n) is 13.4. The van der Waals surface area contributed by atoms with Gasteiger partial charge in [0.25, 0.3) is 6.71 Å². The number of fused-ring (bicyclic) bond motifs is 4. The van der Waals surface area contributed by atoms with Crippen molar-refractivity contribution in [3.8, 4) is 11.5 Å². The standard InChI is InChI=1S/C48H34BN3O/c1-6-18-35(19-7-1)50(36-20-8-2-9-21-36)40-30-31-43-46(33-40)53-47-34-41(51(37-22-10-3-11-23-37)38-24-12-4-13-25-38)32-45-48(47)49(43)42-28-16-17-29-44(42)52(45)39-26-14-5-15-27-39/h1-34H. The maximum atomic E-state index is 7.17. The van der Waals surface area contributed by atoms with Crippen LogP contribution in [0, 0.1) is 0 Å². The highest BCUT2D eigenvalue weighted by molar-refractivity contribution is 6.99. The molecule has 2 heterocycles. The topological polar surface area (TPSA) is 19.0 Å². The molecule has 2 aliphatic rings. The Hall–Kier alpha value is -6.98. The van der Waals surface area contributed by atoms with Gasteiger partial charge in [0.15, 0.2) is 0 Å². The van der Waals surface area contributed by atoms with E-state index < -0.39 is 0 Å². The molecule has 0 aliphatic carbocycles. The third-order valence-corrected chi connectivity index (χ3v) is 10.2. The van der Waals surface area contributed by atoms with Crippen LogP contribution in [-0.2, 0) is 0 Å². The molecular weight excluding hydrogens is 645 g/mol. The van der Waals surface area contributed by atoms with Gasteiger partial charge in [-0.05, 0) is 95.3 Å². The molecule has 8 aromatic rings. The fraction of sp³-hybridized carbons (Fsp3) is 0. The highest BCUT2D eigenvalue weighted by atomic mass is 16.5. The number of hydrogen-bond donors (Lipinski definition) is 0. The number of ether oxygens (including phenoxy) is 1. The van der Waals surface area contributed by atoms with Crippen LogP contribution < -0.4 is 35.8 Å². The van der Waals surface area contributed by atoms with Gasteiger partial charge in [0.05, 0.1) is 5.69 Å². The van der Waals surface area contributed by atoms with Gasteiger partial charge in [0.1, 0.15) is 11.5 Å². The summed E-state index contributed by atoms with van der Waals surface area (Å²) in [4.78, 5) is 7.01. The van der Waals surface area contributed by atoms with E-state index in [1.165, 1.54) is 10.9 Å². The number of anilines is 9. The molecule has 0 unspecified atom stereocenters. The van der Waals surface area contributed by atoms with E-state index in [1.54, 1.807) is 0 Å². The second kappa shape index (κ2) is 13.0. The zero-order chi connectivity index (χ0) is 35.1. The van der Waals surface area contributed by atoms with E-state index in [0.717, 1.165) is 68.1 Å². The van der Waals surface area contributed by atoms with Crippen LogP contribution in [0.4, 0.5) is 51.2 Å². The monoisotopic (exact) mass is 679 g/mol. The van der Waals surface area contributed by atoms with Gasteiger partial charge in [0.2, 0.25) is 0 Å². The third kappa shape index (κ3) is 5.33. The number of benzene rings is 8. The lowest BCUT2D eigenvalue weighted by Crippen LogP contribution is -2.59. The largest absolute Gasteiger partial charge is 0.458 e. The molecule has 0 saturated heterocycles. The number of hydrogen-bond acceptors (Lipinski definition) is 4. The molecule has 250 valence electrons. The van der Waals surface area contributed by atoms with Crippen LogP contribution in [0.25, 0.3) is 0 Å². The Morgan fingerprint density at radius 2 is 0.830 bits per heavy atom. The second-order valence-corrected chi connectivity index (χ2v) is 13.4. The summed E-state index contributed by atoms with van der Waals surface area (Å²) in [5, 5.41) is 0. The summed E-state index contributed by atoms with van der Waals surface area (Å²) < 4.78 is 7.17. The fourth-order valence-electron chi connectivity index (χ4n) is 8.00. The predicted octanol–water partition coefficient (Wildman–Crippen LogP) is 11.0. The van der Waals surface area contributed by atoms with Crippen LogP contribution in [-0.4, -0.2) is 6.71 Å². The van der Waals surface area contributed by atoms with Gasteiger partial charge in [-0.15, -0.1) is 0 Å². The molecule has 0 amide bonds. The molecule has 0 bridgehead atoms. The molecular formula is C48H34BN3O. The van der Waals surface area contributed by atoms with Gasteiger partial charge in [0, 0.05) is 57.6 Å². The van der Waals surface area contributed by atoms with Gasteiger partial charge in [-0.25, -0.2) is 0 Å². The summed E-state index contributed by atoms with van der Waals surface area (Å²) in [7, 11) is 0. The molecule has 5 heteroatoms. The van der Waals surface area contributed by atoms with E-state index in [1.807, 2.05) is 0 Å². The van der Waals surface area contributed by atoms with Crippen LogP contribution in [0.3, 0.4) is 0 Å². The van der Waals surface area contributed by atoms with Crippen molar-refractivity contribution in [1.29, 1.82) is 0 Å². The van der Waals surface area contributed by atoms with Crippen molar-refractivity contribution in [3.05, 3.63) is 206 Å². The molecule has 0 atom stereocenters. The van der Waals surface area contributed by atoms with E-state index in [2.05, 4.69) is 221 Å². The van der Waals surface area contributed by atoms with E-state index >= 15 is 0 Å². The van der Waals surface area contributed by atoms with Crippen LogP contribution in [0.1, 0.15) is 0 Å². The van der Waals surface area contributed by atoms with E-state index in [4.69, 9.17) is 4.74 Å². The number of rotatable bonds is 7. The first kappa shape index (κ1) is 30.8. The molecule has 53 heavy (non-hydrogen) atoms. The van der Waals surface area contributed by atoms with Gasteiger partial charge in [-0.1, -0.05) is 115 Å². The summed E-state index contributed by atoms with van der Waals surface area (Å²) in [5.41, 5.74) is 13.3. The molecule has 8 aromatic carbocycles. The van der Waals surface area contributed by atoms with E-state index in [9.17, 15) is 0 Å². The summed E-state index contributed by atoms with van der Waals surface area (Å²) in [6, 6.07) is 73.0. The number of para-hydroxylation sites is 6. The van der Waals surface area contributed by atoms with Crippen molar-refractivity contribution in [2.45, 2.75) is 0 Å². The van der Waals surface area contributed by atoms with Gasteiger partial charge >= 0.3 is 0 Å². The third-order valence-electron chi connectivity index (χ3n) is 10.2. The van der Waals surface area contributed by atoms with Crippen molar-refractivity contribution in [2.24, 2.45) is 0 Å². The number of nitrogens with zero attached hydrogens (tertiary/aromatic N) is 3. The quantitative estimate of drug-likeness (QED) is 0.156. The Kier molecular flexibility index (Phi) is 7.54. The molecule has 10 rings (SSSR count). The van der Waals surface area contributed by atoms with Crippen LogP contribution in [0.2, 0.25) is 0 Å². The minimum absolute atomic E-state index is 0.0215. The van der Waals surface area contributed by atoms with Crippen molar-refractivity contribution in [2.75, 3.05) is 14.7 Å². The molecule has 0 saturated carbocycles. The SMILES string of the molecule is c1ccc(N(c2ccccc2)c2ccc3c(c2)Oc2cc(N(c4ccccc4)c4ccccc4)cc4c2B3c2ccccc2N4c2ccccc2)cc1. The maximum absolute atomic E-state index is 7.17. The van der Waals surface area contributed by atoms with Gasteiger partial charge in [-0.3, -0.25) is 0 Å². The minimum atomic E-state index is -0.0215. The zero-order valence-corrected chi connectivity index (χ0v) is 29.0. The van der Waals surface area contributed by atoms with Crippen molar-refractivity contribution < 1.29 is 4.74 Å². The first-order valence-corrected chi connectivity index (χ1v) is 18.1. The Morgan fingerprint density at radius 1 is 0.358 bits per heavy atom. The van der Waals surface area contributed by atoms with E-state index in [-0.39, 0.29) is 6.71 Å². The zero-order valence-electron chi connectivity index (χ0n) is 29.0. The average Bonchev–Trinajstić information content (AvgIpc) is 3.23. The first-order chi connectivity index (χ1) is 26.3. The molecule has 2 aliphatic heterocycles. The van der Waals surface area contributed by atoms with Gasteiger partial charge < -0.3 is 19.4 Å². The van der Waals surface area contributed by atoms with Crippen LogP contribution in [0.5, 0.6) is 11.5 Å². The fourth-order valence-corrected chi connectivity index (χ4v) is 8.00. The Labute approximate surface area is 310 Å². The Balaban J connectivity index is 1.21. The average molecular weight is 680 g/mol. The van der Waals surface area contributed by atoms with Crippen molar-refractivity contribution in [1.82, 2.24) is 0 Å². The molecule has 0 radical (unpaired) electrons. The smallest absolute Gasteiger partial charge is 0.256 e. The summed E-state index contributed by atoms with van der Waals surface area (Å²) >= 11 is 0. The van der Waals surface area contributed by atoms with E-state index in [0.29, 0.717) is 0 Å². The first-order valence-electron chi connectivity index (χ1n) is 18.1. The summed E-state index contributed by atoms with van der Waals surface area (Å²) in [6.07, 6.45) is 0. The highest BCUT2D eigenvalue weighted by Crippen LogP contribution is 2.46. The molecule has 0 aromatic heterocycles. The minimum Gasteiger partial charge on any atom is -0.458 e. The summed E-state index contributed by atoms with van der Waals surface area (Å²) in [5.74, 6) is 1.71. The van der Waals surface area contributed by atoms with Crippen molar-refractivity contribution >= 4 is 74.3 Å². The lowest BCUT2D eigenvalue weighted by Gasteiger charge is -2.41. The summed E-state index contributed by atoms with van der Waals surface area (Å²) in [6.45, 7) is -0.0215. The lowest BCUT2D eigenvalue weighted by molar-refractivity contribution is 0.488. The molecule has 0 fully saturated rings. The maximum Gasteiger partial charge on any atom is 0.256 e. The Bertz CT molecular complexity index is 2470. The normalized spacial score (nSPS) is 12.2. The van der Waals surface area contributed by atoms with Gasteiger partial charge in [-0.2, -0.15) is 0 Å². The molecule has 0 spiro atoms. The Morgan fingerprint density at radius 3 is 1.40 bits per heavy atom. The molecule has 0 N–H and O–H groups in total. The predicted molar refractivity (Wildman–Crippen MR) is 222 cm³/mol. The highest BCUT2D eigenvalue weighted by Gasteiger charge is 2.42. The molecule has 4 nitrogen and oxygen atoms in total. The van der Waals surface area contributed by atoms with Crippen LogP contribution in [0.15, 0.2) is 206 Å². The van der Waals surface area contributed by atoms with Crippen LogP contribution >= 0.6 is 0 Å². The van der Waals surface area contributed by atoms with Crippen molar-refractivity contribution in [3.63, 3.8) is 0 Å².